The van der Waals surface area contributed by atoms with E-state index in [9.17, 15) is 14.5 Å². The van der Waals surface area contributed by atoms with Gasteiger partial charge in [-0.15, -0.1) is 0 Å². The minimum absolute atomic E-state index is 0.0328. The molecule has 0 heterocycles. The fourth-order valence-corrected chi connectivity index (χ4v) is 1.93. The quantitative estimate of drug-likeness (QED) is 0.476. The van der Waals surface area contributed by atoms with Gasteiger partial charge in [-0.2, -0.15) is 0 Å². The summed E-state index contributed by atoms with van der Waals surface area (Å²) in [6.07, 6.45) is 2.10. The van der Waals surface area contributed by atoms with Crippen LogP contribution in [0.15, 0.2) is 16.6 Å². The molecule has 1 aromatic rings. The summed E-state index contributed by atoms with van der Waals surface area (Å²) in [5, 5.41) is 19.4. The SMILES string of the molecule is O=[N+]([O-])c1cc(F)cc(Br)c1OCCCCCO. The number of aliphatic hydroxyl groups excluding tert-OH is 1. The Morgan fingerprint density at radius 2 is 2.11 bits per heavy atom. The van der Waals surface area contributed by atoms with E-state index in [2.05, 4.69) is 15.9 Å². The molecule has 0 spiro atoms. The molecule has 0 saturated heterocycles. The monoisotopic (exact) mass is 321 g/mol. The molecular weight excluding hydrogens is 309 g/mol. The van der Waals surface area contributed by atoms with Gasteiger partial charge in [0, 0.05) is 6.61 Å². The van der Waals surface area contributed by atoms with Gasteiger partial charge in [-0.05, 0) is 41.3 Å². The maximum absolute atomic E-state index is 13.0. The number of aliphatic hydroxyl groups is 1. The van der Waals surface area contributed by atoms with Crippen LogP contribution in [-0.2, 0) is 0 Å². The first-order valence-corrected chi connectivity index (χ1v) is 6.22. The van der Waals surface area contributed by atoms with Crippen LogP contribution in [0.5, 0.6) is 5.75 Å². The maximum Gasteiger partial charge on any atom is 0.315 e. The second kappa shape index (κ2) is 7.27. The van der Waals surface area contributed by atoms with Gasteiger partial charge >= 0.3 is 5.69 Å². The van der Waals surface area contributed by atoms with Crippen LogP contribution in [0, 0.1) is 15.9 Å². The summed E-state index contributed by atoms with van der Waals surface area (Å²) in [6, 6.07) is 1.95. The van der Waals surface area contributed by atoms with E-state index in [4.69, 9.17) is 9.84 Å². The third-order valence-electron chi connectivity index (χ3n) is 2.23. The van der Waals surface area contributed by atoms with Crippen LogP contribution in [0.1, 0.15) is 19.3 Å². The highest BCUT2D eigenvalue weighted by Crippen LogP contribution is 2.36. The molecule has 5 nitrogen and oxygen atoms in total. The van der Waals surface area contributed by atoms with Gasteiger partial charge in [0.05, 0.1) is 22.1 Å². The highest BCUT2D eigenvalue weighted by atomic mass is 79.9. The van der Waals surface area contributed by atoms with Crippen LogP contribution in [-0.4, -0.2) is 23.2 Å². The van der Waals surface area contributed by atoms with Gasteiger partial charge in [0.1, 0.15) is 5.82 Å². The van der Waals surface area contributed by atoms with Crippen molar-refractivity contribution in [2.24, 2.45) is 0 Å². The van der Waals surface area contributed by atoms with Gasteiger partial charge in [0.25, 0.3) is 0 Å². The summed E-state index contributed by atoms with van der Waals surface area (Å²) >= 11 is 3.04. The van der Waals surface area contributed by atoms with E-state index >= 15 is 0 Å². The second-order valence-electron chi connectivity index (χ2n) is 3.63. The molecular formula is C11H13BrFNO4. The van der Waals surface area contributed by atoms with Crippen molar-refractivity contribution in [1.29, 1.82) is 0 Å². The Kier molecular flexibility index (Phi) is 6.00. The molecule has 0 saturated carbocycles. The van der Waals surface area contributed by atoms with Crippen LogP contribution < -0.4 is 4.74 Å². The lowest BCUT2D eigenvalue weighted by Gasteiger charge is -2.08. The summed E-state index contributed by atoms with van der Waals surface area (Å²) in [4.78, 5) is 10.1. The predicted molar refractivity (Wildman–Crippen MR) is 67.2 cm³/mol. The average molecular weight is 322 g/mol. The van der Waals surface area contributed by atoms with Gasteiger partial charge in [-0.1, -0.05) is 0 Å². The standard InChI is InChI=1S/C11H13BrFNO4/c12-9-6-8(13)7-10(14(16)17)11(9)18-5-3-1-2-4-15/h6-7,15H,1-5H2. The van der Waals surface area contributed by atoms with Crippen molar-refractivity contribution in [2.45, 2.75) is 19.3 Å². The van der Waals surface area contributed by atoms with Crippen LogP contribution in [0.4, 0.5) is 10.1 Å². The zero-order valence-electron chi connectivity index (χ0n) is 9.57. The van der Waals surface area contributed by atoms with E-state index < -0.39 is 16.4 Å². The molecule has 0 bridgehead atoms. The van der Waals surface area contributed by atoms with Gasteiger partial charge in [-0.25, -0.2) is 4.39 Å². The number of nitro benzene ring substituents is 1. The van der Waals surface area contributed by atoms with E-state index in [-0.39, 0.29) is 23.4 Å². The molecule has 18 heavy (non-hydrogen) atoms. The van der Waals surface area contributed by atoms with Crippen LogP contribution in [0.2, 0.25) is 0 Å². The van der Waals surface area contributed by atoms with E-state index in [1.165, 1.54) is 0 Å². The summed E-state index contributed by atoms with van der Waals surface area (Å²) in [6.45, 7) is 0.394. The first-order chi connectivity index (χ1) is 8.56. The number of unbranched alkanes of at least 4 members (excludes halogenated alkanes) is 2. The number of nitrogens with zero attached hydrogens (tertiary/aromatic N) is 1. The van der Waals surface area contributed by atoms with Crippen molar-refractivity contribution in [2.75, 3.05) is 13.2 Å². The molecule has 0 aliphatic heterocycles. The number of hydrogen-bond donors (Lipinski definition) is 1. The maximum atomic E-state index is 13.0. The van der Waals surface area contributed by atoms with Gasteiger partial charge in [0.15, 0.2) is 0 Å². The lowest BCUT2D eigenvalue weighted by atomic mass is 10.2. The Labute approximate surface area is 112 Å². The Morgan fingerprint density at radius 1 is 1.39 bits per heavy atom. The van der Waals surface area contributed by atoms with E-state index in [1.54, 1.807) is 0 Å². The average Bonchev–Trinajstić information content (AvgIpc) is 2.30. The molecule has 0 radical (unpaired) electrons. The highest BCUT2D eigenvalue weighted by molar-refractivity contribution is 9.10. The minimum atomic E-state index is -0.693. The van der Waals surface area contributed by atoms with Crippen molar-refractivity contribution in [3.8, 4) is 5.75 Å². The number of halogens is 2. The second-order valence-corrected chi connectivity index (χ2v) is 4.48. The summed E-state index contributed by atoms with van der Waals surface area (Å²) in [5.74, 6) is -0.661. The van der Waals surface area contributed by atoms with E-state index in [0.29, 0.717) is 12.8 Å². The third-order valence-corrected chi connectivity index (χ3v) is 2.82. The Hall–Kier alpha value is -1.21. The number of benzene rings is 1. The molecule has 0 aliphatic carbocycles. The number of nitro groups is 1. The van der Waals surface area contributed by atoms with Crippen LogP contribution >= 0.6 is 15.9 Å². The van der Waals surface area contributed by atoms with E-state index in [1.807, 2.05) is 0 Å². The number of ether oxygens (including phenoxy) is 1. The molecule has 0 aromatic heterocycles. The smallest absolute Gasteiger partial charge is 0.315 e. The van der Waals surface area contributed by atoms with Crippen molar-refractivity contribution < 1.29 is 19.2 Å². The molecule has 100 valence electrons. The summed E-state index contributed by atoms with van der Waals surface area (Å²) in [7, 11) is 0. The molecule has 1 rings (SSSR count). The van der Waals surface area contributed by atoms with Crippen LogP contribution in [0.25, 0.3) is 0 Å². The van der Waals surface area contributed by atoms with Gasteiger partial charge in [0.2, 0.25) is 5.75 Å². The Balaban J connectivity index is 2.71. The van der Waals surface area contributed by atoms with E-state index in [0.717, 1.165) is 18.6 Å². The van der Waals surface area contributed by atoms with Crippen molar-refractivity contribution >= 4 is 21.6 Å². The highest BCUT2D eigenvalue weighted by Gasteiger charge is 2.20. The molecule has 0 unspecified atom stereocenters. The lowest BCUT2D eigenvalue weighted by Crippen LogP contribution is -2.02. The molecule has 0 aliphatic rings. The van der Waals surface area contributed by atoms with Gasteiger partial charge < -0.3 is 9.84 Å². The lowest BCUT2D eigenvalue weighted by molar-refractivity contribution is -0.386. The summed E-state index contributed by atoms with van der Waals surface area (Å²) < 4.78 is 18.6. The van der Waals surface area contributed by atoms with Crippen LogP contribution in [0.3, 0.4) is 0 Å². The fourth-order valence-electron chi connectivity index (χ4n) is 1.39. The number of hydrogen-bond acceptors (Lipinski definition) is 4. The van der Waals surface area contributed by atoms with Crippen molar-refractivity contribution in [1.82, 2.24) is 0 Å². The molecule has 1 N–H and O–H groups in total. The molecule has 0 amide bonds. The Morgan fingerprint density at radius 3 is 2.72 bits per heavy atom. The first-order valence-electron chi connectivity index (χ1n) is 5.43. The topological polar surface area (TPSA) is 72.6 Å². The van der Waals surface area contributed by atoms with Gasteiger partial charge in [-0.3, -0.25) is 10.1 Å². The largest absolute Gasteiger partial charge is 0.486 e. The minimum Gasteiger partial charge on any atom is -0.486 e. The molecule has 7 heteroatoms. The zero-order valence-corrected chi connectivity index (χ0v) is 11.2. The number of rotatable bonds is 7. The molecule has 1 aromatic carbocycles. The Bertz CT molecular complexity index is 428. The normalized spacial score (nSPS) is 10.4. The zero-order chi connectivity index (χ0) is 13.5. The third kappa shape index (κ3) is 4.23. The first kappa shape index (κ1) is 14.8. The fraction of sp³-hybridized carbons (Fsp3) is 0.455. The molecule has 0 fully saturated rings. The summed E-state index contributed by atoms with van der Waals surface area (Å²) in [5.41, 5.74) is -0.399. The van der Waals surface area contributed by atoms with Crippen molar-refractivity contribution in [3.63, 3.8) is 0 Å². The molecule has 0 atom stereocenters. The predicted octanol–water partition coefficient (Wildman–Crippen LogP) is 3.04. The van der Waals surface area contributed by atoms with Crippen molar-refractivity contribution in [3.05, 3.63) is 32.5 Å².